The van der Waals surface area contributed by atoms with E-state index in [1.54, 1.807) is 0 Å². The molecule has 6 nitrogen and oxygen atoms in total. The van der Waals surface area contributed by atoms with E-state index in [-0.39, 0.29) is 17.5 Å². The molecular formula is C13H18FN3O3S. The molecule has 21 heavy (non-hydrogen) atoms. The Morgan fingerprint density at radius 1 is 1.52 bits per heavy atom. The Labute approximate surface area is 123 Å². The molecule has 2 rings (SSSR count). The van der Waals surface area contributed by atoms with Crippen LogP contribution in [0.25, 0.3) is 0 Å². The van der Waals surface area contributed by atoms with E-state index in [1.165, 1.54) is 13.0 Å². The van der Waals surface area contributed by atoms with Crippen molar-refractivity contribution in [3.8, 4) is 0 Å². The van der Waals surface area contributed by atoms with Gasteiger partial charge >= 0.3 is 0 Å². The maximum Gasteiger partial charge on any atom is 0.244 e. The van der Waals surface area contributed by atoms with Crippen molar-refractivity contribution in [1.29, 1.82) is 0 Å². The van der Waals surface area contributed by atoms with Crippen molar-refractivity contribution >= 4 is 15.9 Å². The molecule has 1 aromatic rings. The summed E-state index contributed by atoms with van der Waals surface area (Å²) in [7, 11) is -3.90. The van der Waals surface area contributed by atoms with Gasteiger partial charge in [0.2, 0.25) is 15.9 Å². The molecule has 1 saturated heterocycles. The summed E-state index contributed by atoms with van der Waals surface area (Å²) in [6.45, 7) is 2.28. The molecule has 0 saturated carbocycles. The molecule has 1 unspecified atom stereocenters. The summed E-state index contributed by atoms with van der Waals surface area (Å²) < 4.78 is 39.8. The largest absolute Gasteiger partial charge is 0.369 e. The average molecular weight is 315 g/mol. The van der Waals surface area contributed by atoms with Crippen molar-refractivity contribution in [3.05, 3.63) is 29.6 Å². The van der Waals surface area contributed by atoms with Gasteiger partial charge < -0.3 is 11.1 Å². The van der Waals surface area contributed by atoms with E-state index in [1.807, 2.05) is 0 Å². The van der Waals surface area contributed by atoms with Crippen LogP contribution in [0.1, 0.15) is 12.0 Å². The van der Waals surface area contributed by atoms with Crippen LogP contribution in [0, 0.1) is 12.7 Å². The van der Waals surface area contributed by atoms with Crippen LogP contribution in [-0.4, -0.2) is 44.3 Å². The number of halogens is 1. The van der Waals surface area contributed by atoms with Gasteiger partial charge in [-0.1, -0.05) is 0 Å². The molecular weight excluding hydrogens is 297 g/mol. The fraction of sp³-hybridized carbons (Fsp3) is 0.462. The minimum Gasteiger partial charge on any atom is -0.369 e. The zero-order chi connectivity index (χ0) is 15.6. The lowest BCUT2D eigenvalue weighted by Gasteiger charge is -2.27. The van der Waals surface area contributed by atoms with Gasteiger partial charge in [-0.3, -0.25) is 4.79 Å². The van der Waals surface area contributed by atoms with E-state index in [4.69, 9.17) is 5.73 Å². The number of benzene rings is 1. The number of nitrogens with two attached hydrogens (primary N) is 1. The number of amides is 1. The van der Waals surface area contributed by atoms with Gasteiger partial charge in [0, 0.05) is 12.6 Å². The predicted molar refractivity (Wildman–Crippen MR) is 75.5 cm³/mol. The molecule has 8 heteroatoms. The Balaban J connectivity index is 2.43. The number of aryl methyl sites for hydroxylation is 1. The number of primary amides is 1. The van der Waals surface area contributed by atoms with Crippen molar-refractivity contribution < 1.29 is 17.6 Å². The topological polar surface area (TPSA) is 92.5 Å². The third kappa shape index (κ3) is 3.39. The van der Waals surface area contributed by atoms with Gasteiger partial charge in [-0.25, -0.2) is 12.8 Å². The van der Waals surface area contributed by atoms with E-state index in [2.05, 4.69) is 5.32 Å². The molecule has 1 atom stereocenters. The molecule has 0 aromatic heterocycles. The molecule has 0 spiro atoms. The van der Waals surface area contributed by atoms with Gasteiger partial charge in [-0.2, -0.15) is 4.31 Å². The zero-order valence-corrected chi connectivity index (χ0v) is 12.5. The maximum atomic E-state index is 13.2. The van der Waals surface area contributed by atoms with Crippen molar-refractivity contribution in [2.45, 2.75) is 24.3 Å². The molecule has 1 heterocycles. The molecule has 3 N–H and O–H groups in total. The lowest BCUT2D eigenvalue weighted by atomic mass is 10.2. The van der Waals surface area contributed by atoms with Crippen molar-refractivity contribution in [1.82, 2.24) is 9.62 Å². The standard InChI is InChI=1S/C13H18FN3O3S/c1-9-6-10(14)2-3-12(9)21(19,20)17(8-13(15)18)11-4-5-16-7-11/h2-3,6,11,16H,4-5,7-8H2,1H3,(H2,15,18). The lowest BCUT2D eigenvalue weighted by Crippen LogP contribution is -2.46. The molecule has 1 fully saturated rings. The van der Waals surface area contributed by atoms with E-state index >= 15 is 0 Å². The van der Waals surface area contributed by atoms with E-state index < -0.39 is 21.7 Å². The molecule has 0 radical (unpaired) electrons. The molecule has 0 bridgehead atoms. The first-order valence-electron chi connectivity index (χ1n) is 6.59. The second kappa shape index (κ2) is 6.08. The molecule has 1 amide bonds. The van der Waals surface area contributed by atoms with E-state index in [0.29, 0.717) is 25.1 Å². The van der Waals surface area contributed by atoms with E-state index in [0.717, 1.165) is 16.4 Å². The third-order valence-corrected chi connectivity index (χ3v) is 5.54. The third-order valence-electron chi connectivity index (χ3n) is 3.48. The van der Waals surface area contributed by atoms with Gasteiger partial charge in [0.25, 0.3) is 0 Å². The number of nitrogens with one attached hydrogen (secondary N) is 1. The number of hydrogen-bond acceptors (Lipinski definition) is 4. The van der Waals surface area contributed by atoms with Crippen LogP contribution in [0.3, 0.4) is 0 Å². The molecule has 1 aromatic carbocycles. The molecule has 1 aliphatic heterocycles. The number of nitrogens with zero attached hydrogens (tertiary/aromatic N) is 1. The summed E-state index contributed by atoms with van der Waals surface area (Å²) in [5, 5.41) is 3.06. The van der Waals surface area contributed by atoms with Gasteiger partial charge in [-0.15, -0.1) is 0 Å². The maximum absolute atomic E-state index is 13.2. The highest BCUT2D eigenvalue weighted by Crippen LogP contribution is 2.24. The highest BCUT2D eigenvalue weighted by molar-refractivity contribution is 7.89. The van der Waals surface area contributed by atoms with Crippen LogP contribution in [0.5, 0.6) is 0 Å². The molecule has 1 aliphatic rings. The summed E-state index contributed by atoms with van der Waals surface area (Å²) in [5.41, 5.74) is 5.47. The number of carbonyl (C=O) groups excluding carboxylic acids is 1. The first-order valence-corrected chi connectivity index (χ1v) is 8.03. The second-order valence-electron chi connectivity index (χ2n) is 5.07. The average Bonchev–Trinajstić information content (AvgIpc) is 2.88. The summed E-state index contributed by atoms with van der Waals surface area (Å²) >= 11 is 0. The van der Waals surface area contributed by atoms with Crippen molar-refractivity contribution in [2.24, 2.45) is 5.73 Å². The Bertz CT molecular complexity index is 642. The Hall–Kier alpha value is -1.51. The van der Waals surface area contributed by atoms with Crippen LogP contribution in [0.15, 0.2) is 23.1 Å². The minimum atomic E-state index is -3.90. The quantitative estimate of drug-likeness (QED) is 0.798. The summed E-state index contributed by atoms with van der Waals surface area (Å²) in [6, 6.07) is 3.14. The number of sulfonamides is 1. The van der Waals surface area contributed by atoms with Crippen LogP contribution < -0.4 is 11.1 Å². The number of rotatable bonds is 5. The Kier molecular flexibility index (Phi) is 4.60. The zero-order valence-electron chi connectivity index (χ0n) is 11.7. The molecule has 0 aliphatic carbocycles. The first kappa shape index (κ1) is 15.9. The first-order chi connectivity index (χ1) is 9.82. The summed E-state index contributed by atoms with van der Waals surface area (Å²) in [6.07, 6.45) is 0.604. The monoisotopic (exact) mass is 315 g/mol. The Morgan fingerprint density at radius 3 is 2.76 bits per heavy atom. The van der Waals surface area contributed by atoms with Crippen LogP contribution >= 0.6 is 0 Å². The normalized spacial score (nSPS) is 19.1. The van der Waals surface area contributed by atoms with Gasteiger partial charge in [0.15, 0.2) is 0 Å². The van der Waals surface area contributed by atoms with Crippen molar-refractivity contribution in [2.75, 3.05) is 19.6 Å². The smallest absolute Gasteiger partial charge is 0.244 e. The minimum absolute atomic E-state index is 0.00273. The summed E-state index contributed by atoms with van der Waals surface area (Å²) in [5.74, 6) is -1.22. The van der Waals surface area contributed by atoms with Crippen LogP contribution in [0.2, 0.25) is 0 Å². The fourth-order valence-corrected chi connectivity index (χ4v) is 4.31. The second-order valence-corrected chi connectivity index (χ2v) is 6.93. The van der Waals surface area contributed by atoms with Crippen LogP contribution in [0.4, 0.5) is 4.39 Å². The number of carbonyl (C=O) groups is 1. The van der Waals surface area contributed by atoms with Gasteiger partial charge in [0.05, 0.1) is 11.4 Å². The van der Waals surface area contributed by atoms with Gasteiger partial charge in [0.1, 0.15) is 5.82 Å². The van der Waals surface area contributed by atoms with Crippen molar-refractivity contribution in [3.63, 3.8) is 0 Å². The Morgan fingerprint density at radius 2 is 2.24 bits per heavy atom. The SMILES string of the molecule is Cc1cc(F)ccc1S(=O)(=O)N(CC(N)=O)C1CCNC1. The highest BCUT2D eigenvalue weighted by Gasteiger charge is 2.35. The van der Waals surface area contributed by atoms with Crippen LogP contribution in [-0.2, 0) is 14.8 Å². The van der Waals surface area contributed by atoms with Gasteiger partial charge in [-0.05, 0) is 43.7 Å². The number of hydrogen-bond donors (Lipinski definition) is 2. The van der Waals surface area contributed by atoms with E-state index in [9.17, 15) is 17.6 Å². The predicted octanol–water partition coefficient (Wildman–Crippen LogP) is -0.0280. The molecule has 116 valence electrons. The fourth-order valence-electron chi connectivity index (χ4n) is 2.48. The summed E-state index contributed by atoms with van der Waals surface area (Å²) in [4.78, 5) is 11.2. The highest BCUT2D eigenvalue weighted by atomic mass is 32.2. The lowest BCUT2D eigenvalue weighted by molar-refractivity contribution is -0.118.